The summed E-state index contributed by atoms with van der Waals surface area (Å²) in [5, 5.41) is 28.9. The Balaban J connectivity index is 2.53. The molecule has 1 aromatic rings. The van der Waals surface area contributed by atoms with E-state index in [1.165, 1.54) is 0 Å². The average molecular weight is 470 g/mol. The number of thioether (sulfide) groups is 1. The molecular weight excluding hydrogens is 444 g/mol. The van der Waals surface area contributed by atoms with Crippen molar-refractivity contribution in [2.45, 2.75) is 31.3 Å². The Kier molecular flexibility index (Phi) is 12.2. The van der Waals surface area contributed by atoms with Crippen molar-refractivity contribution in [3.05, 3.63) is 35.9 Å². The lowest BCUT2D eigenvalue weighted by atomic mass is 10.1. The van der Waals surface area contributed by atoms with E-state index in [4.69, 9.17) is 12.2 Å². The number of carbonyl (C=O) groups excluding carboxylic acids is 4. The van der Waals surface area contributed by atoms with E-state index in [0.29, 0.717) is 10.9 Å². The first-order valence-corrected chi connectivity index (χ1v) is 10.8. The van der Waals surface area contributed by atoms with Crippen LogP contribution in [0.4, 0.5) is 0 Å². The van der Waals surface area contributed by atoms with Crippen LogP contribution in [-0.2, 0) is 25.6 Å². The van der Waals surface area contributed by atoms with Gasteiger partial charge in [-0.1, -0.05) is 54.3 Å². The highest BCUT2D eigenvalue weighted by Gasteiger charge is 2.22. The second-order valence-electron chi connectivity index (χ2n) is 6.53. The molecule has 0 radical (unpaired) electrons. The standard InChI is InChI=1S/C19H26N4O6S2/c20-13(18(28)29)6-7-15(24)23-14(17(27)22-10-16(25)26)11-31-19(30)21-9-8-12-4-2-1-3-5-12/h1-5,13-14H,6-11,20H2,(H,21,30)(H,22,27)(H,23,24)(H,25,26)(H,28,29)/p-1/t13-,14-/m0/s1. The van der Waals surface area contributed by atoms with Gasteiger partial charge in [-0.05, 0) is 12.0 Å². The maximum absolute atomic E-state index is 12.2. The van der Waals surface area contributed by atoms with E-state index >= 15 is 0 Å². The van der Waals surface area contributed by atoms with Gasteiger partial charge in [-0.2, -0.15) is 0 Å². The van der Waals surface area contributed by atoms with Crippen LogP contribution in [0.2, 0.25) is 0 Å². The van der Waals surface area contributed by atoms with Gasteiger partial charge in [0.1, 0.15) is 16.4 Å². The number of carboxylic acid groups (broad SMARTS) is 2. The second kappa shape index (κ2) is 14.3. The lowest BCUT2D eigenvalue weighted by Gasteiger charge is -2.19. The molecule has 0 saturated carbocycles. The van der Waals surface area contributed by atoms with Gasteiger partial charge in [0, 0.05) is 25.1 Å². The Labute approximate surface area is 189 Å². The summed E-state index contributed by atoms with van der Waals surface area (Å²) in [4.78, 5) is 45.6. The predicted molar refractivity (Wildman–Crippen MR) is 114 cm³/mol. The zero-order valence-corrected chi connectivity index (χ0v) is 18.4. The van der Waals surface area contributed by atoms with Crippen molar-refractivity contribution in [3.8, 4) is 0 Å². The molecule has 31 heavy (non-hydrogen) atoms. The fourth-order valence-electron chi connectivity index (χ4n) is 2.32. The topological polar surface area (TPSA) is 178 Å². The molecular formula is C19H25N4O6S2-. The van der Waals surface area contributed by atoms with E-state index < -0.39 is 42.4 Å². The lowest BCUT2D eigenvalue weighted by Crippen LogP contribution is -2.68. The van der Waals surface area contributed by atoms with Crippen molar-refractivity contribution >= 4 is 52.1 Å². The molecule has 0 heterocycles. The summed E-state index contributed by atoms with van der Waals surface area (Å²) in [6.07, 6.45) is 0.503. The number of hydrogen-bond acceptors (Lipinski definition) is 8. The molecule has 2 amide bonds. The van der Waals surface area contributed by atoms with E-state index in [9.17, 15) is 29.4 Å². The molecule has 0 aliphatic heterocycles. The Bertz CT molecular complexity index is 778. The van der Waals surface area contributed by atoms with Gasteiger partial charge in [-0.3, -0.25) is 9.59 Å². The highest BCUT2D eigenvalue weighted by molar-refractivity contribution is 8.23. The van der Waals surface area contributed by atoms with Gasteiger partial charge in [-0.25, -0.2) is 0 Å². The largest absolute Gasteiger partial charge is 0.548 e. The van der Waals surface area contributed by atoms with Gasteiger partial charge in [0.25, 0.3) is 0 Å². The third-order valence-electron chi connectivity index (χ3n) is 4.02. The number of aliphatic carboxylic acids is 2. The molecule has 0 bridgehead atoms. The van der Waals surface area contributed by atoms with Crippen LogP contribution in [0.1, 0.15) is 18.4 Å². The normalized spacial score (nSPS) is 12.3. The van der Waals surface area contributed by atoms with Gasteiger partial charge < -0.3 is 41.5 Å². The number of thiocarbonyl (C=S) groups is 1. The van der Waals surface area contributed by atoms with Crippen molar-refractivity contribution in [1.82, 2.24) is 16.0 Å². The van der Waals surface area contributed by atoms with Crippen molar-refractivity contribution in [2.75, 3.05) is 18.8 Å². The highest BCUT2D eigenvalue weighted by atomic mass is 32.2. The lowest BCUT2D eigenvalue weighted by molar-refractivity contribution is -0.438. The molecule has 1 aromatic carbocycles. The zero-order valence-electron chi connectivity index (χ0n) is 16.8. The van der Waals surface area contributed by atoms with E-state index in [-0.39, 0.29) is 18.6 Å². The van der Waals surface area contributed by atoms with Crippen LogP contribution < -0.4 is 31.9 Å². The van der Waals surface area contributed by atoms with Gasteiger partial charge in [0.2, 0.25) is 11.8 Å². The molecule has 1 rings (SSSR count). The summed E-state index contributed by atoms with van der Waals surface area (Å²) < 4.78 is 0.414. The molecule has 10 nitrogen and oxygen atoms in total. The first kappa shape index (κ1) is 26.3. The van der Waals surface area contributed by atoms with Crippen LogP contribution in [0.5, 0.6) is 0 Å². The number of benzene rings is 1. The van der Waals surface area contributed by atoms with Crippen LogP contribution in [0, 0.1) is 0 Å². The van der Waals surface area contributed by atoms with Gasteiger partial charge in [0.05, 0.1) is 18.5 Å². The van der Waals surface area contributed by atoms with Crippen molar-refractivity contribution < 1.29 is 35.1 Å². The van der Waals surface area contributed by atoms with Gasteiger partial charge in [-0.15, -0.1) is 0 Å². The van der Waals surface area contributed by atoms with Crippen LogP contribution in [0.3, 0.4) is 0 Å². The fourth-order valence-corrected chi connectivity index (χ4v) is 3.38. The number of carbonyl (C=O) groups is 4. The van der Waals surface area contributed by atoms with Gasteiger partial charge in [0.15, 0.2) is 0 Å². The quantitative estimate of drug-likeness (QED) is 0.212. The summed E-state index contributed by atoms with van der Waals surface area (Å²) in [5.74, 6) is -4.09. The molecule has 0 saturated heterocycles. The summed E-state index contributed by atoms with van der Waals surface area (Å²) in [7, 11) is 0. The molecule has 2 atom stereocenters. The maximum Gasteiger partial charge on any atom is 0.243 e. The number of nitrogens with one attached hydrogen (secondary N) is 3. The van der Waals surface area contributed by atoms with Gasteiger partial charge >= 0.3 is 0 Å². The molecule has 170 valence electrons. The average Bonchev–Trinajstić information content (AvgIpc) is 2.73. The first-order valence-electron chi connectivity index (χ1n) is 9.44. The minimum absolute atomic E-state index is 0.0517. The first-order chi connectivity index (χ1) is 14.7. The molecule has 0 unspecified atom stereocenters. The Morgan fingerprint density at radius 1 is 1.10 bits per heavy atom. The van der Waals surface area contributed by atoms with Crippen LogP contribution in [0.25, 0.3) is 0 Å². The van der Waals surface area contributed by atoms with E-state index in [1.54, 1.807) is 0 Å². The third kappa shape index (κ3) is 11.9. The fraction of sp³-hybridized carbons (Fsp3) is 0.421. The monoisotopic (exact) mass is 469 g/mol. The second-order valence-corrected chi connectivity index (χ2v) is 8.22. The Hall–Kier alpha value is -2.70. The summed E-state index contributed by atoms with van der Waals surface area (Å²) in [6.45, 7) is -0.126. The maximum atomic E-state index is 12.2. The van der Waals surface area contributed by atoms with Crippen molar-refractivity contribution in [3.63, 3.8) is 0 Å². The number of hydrogen-bond donors (Lipinski definition) is 4. The molecule has 0 spiro atoms. The number of carboxylic acids is 2. The Morgan fingerprint density at radius 3 is 2.39 bits per heavy atom. The highest BCUT2D eigenvalue weighted by Crippen LogP contribution is 2.07. The van der Waals surface area contributed by atoms with Crippen molar-refractivity contribution in [1.29, 1.82) is 0 Å². The van der Waals surface area contributed by atoms with E-state index in [0.717, 1.165) is 23.7 Å². The molecule has 12 heteroatoms. The molecule has 0 aliphatic rings. The smallest absolute Gasteiger partial charge is 0.243 e. The molecule has 0 fully saturated rings. The zero-order chi connectivity index (χ0) is 23.2. The van der Waals surface area contributed by atoms with Crippen LogP contribution in [0.15, 0.2) is 30.3 Å². The van der Waals surface area contributed by atoms with E-state index in [2.05, 4.69) is 21.7 Å². The predicted octanol–water partition coefficient (Wildman–Crippen LogP) is -3.67. The van der Waals surface area contributed by atoms with E-state index in [1.807, 2.05) is 30.3 Å². The number of amides is 2. The number of rotatable bonds is 13. The Morgan fingerprint density at radius 2 is 1.77 bits per heavy atom. The van der Waals surface area contributed by atoms with Crippen molar-refractivity contribution in [2.24, 2.45) is 0 Å². The van der Waals surface area contributed by atoms with Crippen LogP contribution in [-0.4, -0.2) is 59.0 Å². The SMILES string of the molecule is [NH3+][C@@H](CCC(=O)N[C@@H](CSC(=S)NCCc1ccccc1)C(=O)NCC(=O)[O-])C(=O)[O-]. The number of quaternary nitrogens is 1. The summed E-state index contributed by atoms with van der Waals surface area (Å²) in [5.41, 5.74) is 4.49. The minimum atomic E-state index is -1.47. The molecule has 0 aliphatic carbocycles. The summed E-state index contributed by atoms with van der Waals surface area (Å²) in [6, 6.07) is 7.63. The molecule has 0 aromatic heterocycles. The molecule has 6 N–H and O–H groups in total. The summed E-state index contributed by atoms with van der Waals surface area (Å²) >= 11 is 6.35. The minimum Gasteiger partial charge on any atom is -0.548 e. The third-order valence-corrected chi connectivity index (χ3v) is 5.42. The van der Waals surface area contributed by atoms with Crippen LogP contribution >= 0.6 is 24.0 Å².